The van der Waals surface area contributed by atoms with Crippen molar-refractivity contribution in [3.05, 3.63) is 54.0 Å². The summed E-state index contributed by atoms with van der Waals surface area (Å²) in [4.78, 5) is 14.9. The maximum absolute atomic E-state index is 12.6. The van der Waals surface area contributed by atoms with Crippen molar-refractivity contribution >= 4 is 11.6 Å². The first-order valence-electron chi connectivity index (χ1n) is 8.99. The highest BCUT2D eigenvalue weighted by atomic mass is 16.5. The third kappa shape index (κ3) is 3.42. The Morgan fingerprint density at radius 1 is 1.20 bits per heavy atom. The lowest BCUT2D eigenvalue weighted by Gasteiger charge is -2.32. The zero-order chi connectivity index (χ0) is 17.2. The molecule has 1 saturated heterocycles. The van der Waals surface area contributed by atoms with E-state index in [1.54, 1.807) is 6.26 Å². The SMILES string of the molecule is C[C@H](NC(=O)[C@@H]1C[C@@H]1c1ccco1)c1ccccc1N1CCOCC1. The van der Waals surface area contributed by atoms with Gasteiger partial charge in [-0.1, -0.05) is 18.2 Å². The zero-order valence-corrected chi connectivity index (χ0v) is 14.5. The normalized spacial score (nSPS) is 24.0. The van der Waals surface area contributed by atoms with Crippen LogP contribution in [-0.4, -0.2) is 32.2 Å². The second kappa shape index (κ2) is 6.92. The van der Waals surface area contributed by atoms with Gasteiger partial charge in [-0.3, -0.25) is 4.79 Å². The van der Waals surface area contributed by atoms with E-state index in [0.717, 1.165) is 44.0 Å². The molecule has 25 heavy (non-hydrogen) atoms. The number of benzene rings is 1. The van der Waals surface area contributed by atoms with Crippen LogP contribution >= 0.6 is 0 Å². The Bertz CT molecular complexity index is 722. The van der Waals surface area contributed by atoms with Crippen LogP contribution in [0.25, 0.3) is 0 Å². The van der Waals surface area contributed by atoms with E-state index in [4.69, 9.17) is 9.15 Å². The van der Waals surface area contributed by atoms with Crippen molar-refractivity contribution in [2.45, 2.75) is 25.3 Å². The summed E-state index contributed by atoms with van der Waals surface area (Å²) in [6.45, 7) is 5.34. The first-order valence-corrected chi connectivity index (χ1v) is 8.99. The number of para-hydroxylation sites is 1. The molecule has 0 bridgehead atoms. The highest BCUT2D eigenvalue weighted by Crippen LogP contribution is 2.48. The number of morpholine rings is 1. The fourth-order valence-electron chi connectivity index (χ4n) is 3.65. The third-order valence-electron chi connectivity index (χ3n) is 5.15. The molecule has 132 valence electrons. The number of carbonyl (C=O) groups is 1. The topological polar surface area (TPSA) is 54.7 Å². The van der Waals surface area contributed by atoms with Crippen LogP contribution in [0.5, 0.6) is 0 Å². The molecule has 5 heteroatoms. The number of carbonyl (C=O) groups excluding carboxylic acids is 1. The van der Waals surface area contributed by atoms with E-state index in [1.807, 2.05) is 18.2 Å². The van der Waals surface area contributed by atoms with Gasteiger partial charge in [0.05, 0.1) is 25.5 Å². The third-order valence-corrected chi connectivity index (χ3v) is 5.15. The number of hydrogen-bond donors (Lipinski definition) is 1. The van der Waals surface area contributed by atoms with Crippen LogP contribution in [0.1, 0.15) is 36.6 Å². The number of furan rings is 1. The van der Waals surface area contributed by atoms with Crippen molar-refractivity contribution in [3.63, 3.8) is 0 Å². The van der Waals surface area contributed by atoms with Crippen LogP contribution in [0.15, 0.2) is 47.1 Å². The smallest absolute Gasteiger partial charge is 0.224 e. The number of ether oxygens (including phenoxy) is 1. The molecule has 5 nitrogen and oxygen atoms in total. The monoisotopic (exact) mass is 340 g/mol. The maximum atomic E-state index is 12.6. The minimum Gasteiger partial charge on any atom is -0.469 e. The van der Waals surface area contributed by atoms with E-state index in [1.165, 1.54) is 5.69 Å². The Hall–Kier alpha value is -2.27. The van der Waals surface area contributed by atoms with Gasteiger partial charge in [-0.2, -0.15) is 0 Å². The standard InChI is InChI=1S/C20H24N2O3/c1-14(21-20(23)17-13-16(17)19-7-4-10-25-19)15-5-2-3-6-18(15)22-8-11-24-12-9-22/h2-7,10,14,16-17H,8-9,11-13H2,1H3,(H,21,23)/t14-,16-,17+/m0/s1. The average Bonchev–Trinajstić information content (AvgIpc) is 3.28. The van der Waals surface area contributed by atoms with Gasteiger partial charge in [0.1, 0.15) is 5.76 Å². The van der Waals surface area contributed by atoms with Crippen molar-refractivity contribution in [1.29, 1.82) is 0 Å². The van der Waals surface area contributed by atoms with E-state index < -0.39 is 0 Å². The summed E-state index contributed by atoms with van der Waals surface area (Å²) in [5, 5.41) is 3.19. The second-order valence-corrected chi connectivity index (χ2v) is 6.85. The van der Waals surface area contributed by atoms with Crippen molar-refractivity contribution in [2.24, 2.45) is 5.92 Å². The molecule has 2 heterocycles. The van der Waals surface area contributed by atoms with E-state index in [0.29, 0.717) is 0 Å². The molecule has 0 spiro atoms. The van der Waals surface area contributed by atoms with E-state index in [2.05, 4.69) is 35.3 Å². The fraction of sp³-hybridized carbons (Fsp3) is 0.450. The number of hydrogen-bond acceptors (Lipinski definition) is 4. The number of amides is 1. The highest BCUT2D eigenvalue weighted by molar-refractivity contribution is 5.83. The number of nitrogens with one attached hydrogen (secondary N) is 1. The van der Waals surface area contributed by atoms with Crippen LogP contribution in [0.4, 0.5) is 5.69 Å². The average molecular weight is 340 g/mol. The summed E-state index contributed by atoms with van der Waals surface area (Å²) in [6.07, 6.45) is 2.54. The molecule has 1 N–H and O–H groups in total. The maximum Gasteiger partial charge on any atom is 0.224 e. The zero-order valence-electron chi connectivity index (χ0n) is 14.5. The lowest BCUT2D eigenvalue weighted by atomic mass is 10.0. The van der Waals surface area contributed by atoms with Gasteiger partial charge < -0.3 is 19.4 Å². The first-order chi connectivity index (χ1) is 12.2. The molecule has 0 unspecified atom stereocenters. The minimum absolute atomic E-state index is 0.0237. The Labute approximate surface area is 148 Å². The Kier molecular flexibility index (Phi) is 4.49. The summed E-state index contributed by atoms with van der Waals surface area (Å²) in [5.74, 6) is 1.30. The second-order valence-electron chi connectivity index (χ2n) is 6.85. The van der Waals surface area contributed by atoms with Gasteiger partial charge in [-0.05, 0) is 37.1 Å². The molecule has 0 radical (unpaired) electrons. The van der Waals surface area contributed by atoms with E-state index in [-0.39, 0.29) is 23.8 Å². The number of nitrogens with zero attached hydrogens (tertiary/aromatic N) is 1. The molecule has 3 atom stereocenters. The van der Waals surface area contributed by atoms with Gasteiger partial charge >= 0.3 is 0 Å². The van der Waals surface area contributed by atoms with Crippen LogP contribution in [0, 0.1) is 5.92 Å². The summed E-state index contributed by atoms with van der Waals surface area (Å²) >= 11 is 0. The molecular weight excluding hydrogens is 316 g/mol. The number of rotatable bonds is 5. The number of anilines is 1. The highest BCUT2D eigenvalue weighted by Gasteiger charge is 2.46. The van der Waals surface area contributed by atoms with Gasteiger partial charge in [0.25, 0.3) is 0 Å². The van der Waals surface area contributed by atoms with Gasteiger partial charge in [-0.15, -0.1) is 0 Å². The fourth-order valence-corrected chi connectivity index (χ4v) is 3.65. The molecule has 4 rings (SSSR count). The van der Waals surface area contributed by atoms with Gasteiger partial charge in [-0.25, -0.2) is 0 Å². The minimum atomic E-state index is -0.0237. The predicted octanol–water partition coefficient (Wildman–Crippen LogP) is 3.10. The van der Waals surface area contributed by atoms with E-state index >= 15 is 0 Å². The molecule has 1 aliphatic heterocycles. The predicted molar refractivity (Wildman–Crippen MR) is 95.6 cm³/mol. The summed E-state index contributed by atoms with van der Waals surface area (Å²) < 4.78 is 10.9. The summed E-state index contributed by atoms with van der Waals surface area (Å²) in [7, 11) is 0. The summed E-state index contributed by atoms with van der Waals surface area (Å²) in [6, 6.07) is 12.1. The molecule has 1 saturated carbocycles. The van der Waals surface area contributed by atoms with Crippen molar-refractivity contribution < 1.29 is 13.9 Å². The Morgan fingerprint density at radius 3 is 2.76 bits per heavy atom. The summed E-state index contributed by atoms with van der Waals surface area (Å²) in [5.41, 5.74) is 2.35. The van der Waals surface area contributed by atoms with Crippen molar-refractivity contribution in [1.82, 2.24) is 5.32 Å². The van der Waals surface area contributed by atoms with E-state index in [9.17, 15) is 4.79 Å². The van der Waals surface area contributed by atoms with Crippen LogP contribution < -0.4 is 10.2 Å². The quantitative estimate of drug-likeness (QED) is 0.909. The van der Waals surface area contributed by atoms with Crippen LogP contribution in [0.3, 0.4) is 0 Å². The molecular formula is C20H24N2O3. The lowest BCUT2D eigenvalue weighted by molar-refractivity contribution is -0.123. The molecule has 1 aliphatic carbocycles. The van der Waals surface area contributed by atoms with Gasteiger partial charge in [0, 0.05) is 30.6 Å². The van der Waals surface area contributed by atoms with Gasteiger partial charge in [0.2, 0.25) is 5.91 Å². The molecule has 1 aromatic carbocycles. The molecule has 1 amide bonds. The molecule has 2 aromatic rings. The largest absolute Gasteiger partial charge is 0.469 e. The van der Waals surface area contributed by atoms with Crippen LogP contribution in [0.2, 0.25) is 0 Å². The van der Waals surface area contributed by atoms with Crippen molar-refractivity contribution in [3.8, 4) is 0 Å². The van der Waals surface area contributed by atoms with Gasteiger partial charge in [0.15, 0.2) is 0 Å². The Morgan fingerprint density at radius 2 is 2.00 bits per heavy atom. The van der Waals surface area contributed by atoms with Crippen LogP contribution in [-0.2, 0) is 9.53 Å². The first kappa shape index (κ1) is 16.2. The molecule has 2 fully saturated rings. The Balaban J connectivity index is 1.43. The van der Waals surface area contributed by atoms with Crippen molar-refractivity contribution in [2.75, 3.05) is 31.2 Å². The molecule has 2 aliphatic rings. The lowest BCUT2D eigenvalue weighted by Crippen LogP contribution is -2.37. The molecule has 1 aromatic heterocycles.